The Bertz CT molecular complexity index is 1080. The molecule has 1 aliphatic heterocycles. The summed E-state index contributed by atoms with van der Waals surface area (Å²) in [6.45, 7) is 5.93. The fourth-order valence-corrected chi connectivity index (χ4v) is 5.09. The van der Waals surface area contributed by atoms with Gasteiger partial charge in [0.2, 0.25) is 11.8 Å². The van der Waals surface area contributed by atoms with Gasteiger partial charge in [0.05, 0.1) is 16.4 Å². The number of ether oxygens (including phenoxy) is 1. The molecule has 5 rings (SSSR count). The van der Waals surface area contributed by atoms with E-state index in [1.165, 1.54) is 12.8 Å². The molecule has 168 valence electrons. The van der Waals surface area contributed by atoms with Crippen LogP contribution in [0.2, 0.25) is 0 Å². The molecule has 3 aromatic heterocycles. The third-order valence-corrected chi connectivity index (χ3v) is 7.43. The molecule has 0 amide bonds. The van der Waals surface area contributed by atoms with Gasteiger partial charge in [0.1, 0.15) is 10.7 Å². The number of thiazole rings is 1. The standard InChI is InChI=1S/C22H27N7OS2/c1-13-18(7-8-19(25-13)29-32-16-5-6-16)30-21-20(31-14(2)26-21)17-9-11-24-22(28-17)27-15-4-3-10-23-12-15/h7-9,11,15-16,23H,3-6,10,12H2,1-2H3,(H,25,29)(H,24,27,28). The van der Waals surface area contributed by atoms with Crippen molar-refractivity contribution in [2.45, 2.75) is 50.8 Å². The summed E-state index contributed by atoms with van der Waals surface area (Å²) in [6, 6.07) is 6.13. The number of hydrogen-bond donors (Lipinski definition) is 3. The van der Waals surface area contributed by atoms with E-state index in [0.29, 0.717) is 23.6 Å². The lowest BCUT2D eigenvalue weighted by Crippen LogP contribution is -2.38. The van der Waals surface area contributed by atoms with Crippen LogP contribution in [0.25, 0.3) is 10.6 Å². The maximum atomic E-state index is 6.21. The Balaban J connectivity index is 1.33. The van der Waals surface area contributed by atoms with E-state index < -0.39 is 0 Å². The highest BCUT2D eigenvalue weighted by atomic mass is 32.2. The number of hydrogen-bond acceptors (Lipinski definition) is 10. The highest BCUT2D eigenvalue weighted by molar-refractivity contribution is 8.01. The maximum Gasteiger partial charge on any atom is 0.240 e. The van der Waals surface area contributed by atoms with Crippen molar-refractivity contribution in [3.63, 3.8) is 0 Å². The van der Waals surface area contributed by atoms with Gasteiger partial charge in [-0.3, -0.25) is 0 Å². The quantitative estimate of drug-likeness (QED) is 0.402. The predicted octanol–water partition coefficient (Wildman–Crippen LogP) is 4.79. The van der Waals surface area contributed by atoms with Gasteiger partial charge < -0.3 is 20.1 Å². The van der Waals surface area contributed by atoms with Gasteiger partial charge in [-0.25, -0.2) is 19.9 Å². The summed E-state index contributed by atoms with van der Waals surface area (Å²) in [7, 11) is 0. The van der Waals surface area contributed by atoms with Crippen LogP contribution in [-0.4, -0.2) is 44.3 Å². The highest BCUT2D eigenvalue weighted by Crippen LogP contribution is 2.38. The maximum absolute atomic E-state index is 6.21. The van der Waals surface area contributed by atoms with Crippen molar-refractivity contribution in [2.24, 2.45) is 0 Å². The Labute approximate surface area is 196 Å². The SMILES string of the molecule is Cc1nc(Oc2ccc(NSC3CC3)nc2C)c(-c2ccnc(NC3CCCNC3)n2)s1. The third-order valence-electron chi connectivity index (χ3n) is 5.32. The number of anilines is 2. The molecule has 2 fully saturated rings. The molecular formula is C22H27N7OS2. The fourth-order valence-electron chi connectivity index (χ4n) is 3.50. The summed E-state index contributed by atoms with van der Waals surface area (Å²) in [4.78, 5) is 19.3. The molecule has 0 bridgehead atoms. The largest absolute Gasteiger partial charge is 0.436 e. The number of piperidine rings is 1. The van der Waals surface area contributed by atoms with Crippen LogP contribution in [0.3, 0.4) is 0 Å². The monoisotopic (exact) mass is 469 g/mol. The van der Waals surface area contributed by atoms with E-state index >= 15 is 0 Å². The molecule has 1 atom stereocenters. The van der Waals surface area contributed by atoms with Crippen LogP contribution < -0.4 is 20.1 Å². The Kier molecular flexibility index (Phi) is 6.42. The van der Waals surface area contributed by atoms with Crippen molar-refractivity contribution >= 4 is 35.1 Å². The molecule has 1 saturated heterocycles. The van der Waals surface area contributed by atoms with Crippen molar-refractivity contribution in [1.29, 1.82) is 0 Å². The summed E-state index contributed by atoms with van der Waals surface area (Å²) >= 11 is 3.31. The van der Waals surface area contributed by atoms with E-state index in [2.05, 4.69) is 30.3 Å². The zero-order valence-electron chi connectivity index (χ0n) is 18.2. The molecule has 1 saturated carbocycles. The summed E-state index contributed by atoms with van der Waals surface area (Å²) in [5, 5.41) is 8.49. The van der Waals surface area contributed by atoms with E-state index in [4.69, 9.17) is 9.72 Å². The fraction of sp³-hybridized carbons (Fsp3) is 0.455. The zero-order chi connectivity index (χ0) is 21.9. The average Bonchev–Trinajstić information content (AvgIpc) is 3.56. The van der Waals surface area contributed by atoms with Gasteiger partial charge in [-0.2, -0.15) is 0 Å². The predicted molar refractivity (Wildman–Crippen MR) is 131 cm³/mol. The number of aromatic nitrogens is 4. The van der Waals surface area contributed by atoms with Crippen LogP contribution >= 0.6 is 23.3 Å². The van der Waals surface area contributed by atoms with E-state index in [0.717, 1.165) is 58.3 Å². The molecule has 0 aromatic carbocycles. The number of nitrogens with zero attached hydrogens (tertiary/aromatic N) is 4. The first-order valence-electron chi connectivity index (χ1n) is 11.0. The molecule has 32 heavy (non-hydrogen) atoms. The van der Waals surface area contributed by atoms with Crippen LogP contribution in [0.1, 0.15) is 36.4 Å². The molecule has 1 aliphatic carbocycles. The van der Waals surface area contributed by atoms with E-state index in [1.807, 2.05) is 32.0 Å². The topological polar surface area (TPSA) is 96.9 Å². The summed E-state index contributed by atoms with van der Waals surface area (Å²) in [5.41, 5.74) is 1.62. The second kappa shape index (κ2) is 9.60. The lowest BCUT2D eigenvalue weighted by atomic mass is 10.1. The Morgan fingerprint density at radius 1 is 1.12 bits per heavy atom. The normalized spacial score (nSPS) is 18.4. The summed E-state index contributed by atoms with van der Waals surface area (Å²) in [5.74, 6) is 2.73. The van der Waals surface area contributed by atoms with Gasteiger partial charge in [-0.15, -0.1) is 11.3 Å². The van der Waals surface area contributed by atoms with E-state index in [1.54, 1.807) is 29.5 Å². The van der Waals surface area contributed by atoms with Gasteiger partial charge >= 0.3 is 0 Å². The van der Waals surface area contributed by atoms with Crippen LogP contribution in [0, 0.1) is 13.8 Å². The molecule has 1 unspecified atom stereocenters. The smallest absolute Gasteiger partial charge is 0.240 e. The molecule has 4 heterocycles. The number of aryl methyl sites for hydroxylation is 2. The second-order valence-electron chi connectivity index (χ2n) is 8.12. The molecule has 10 heteroatoms. The van der Waals surface area contributed by atoms with Gasteiger partial charge in [-0.1, -0.05) is 0 Å². The van der Waals surface area contributed by atoms with Crippen molar-refractivity contribution in [3.05, 3.63) is 35.1 Å². The molecule has 3 N–H and O–H groups in total. The lowest BCUT2D eigenvalue weighted by Gasteiger charge is -2.23. The lowest BCUT2D eigenvalue weighted by molar-refractivity contribution is 0.461. The van der Waals surface area contributed by atoms with Gasteiger partial charge in [0.25, 0.3) is 0 Å². The Morgan fingerprint density at radius 2 is 2.03 bits per heavy atom. The first-order valence-corrected chi connectivity index (χ1v) is 12.7. The van der Waals surface area contributed by atoms with Crippen molar-refractivity contribution in [1.82, 2.24) is 25.3 Å². The van der Waals surface area contributed by atoms with E-state index in [-0.39, 0.29) is 0 Å². The first kappa shape index (κ1) is 21.4. The van der Waals surface area contributed by atoms with Crippen LogP contribution in [0.5, 0.6) is 11.6 Å². The minimum atomic E-state index is 0.344. The first-order chi connectivity index (χ1) is 15.6. The average molecular weight is 470 g/mol. The highest BCUT2D eigenvalue weighted by Gasteiger charge is 2.22. The summed E-state index contributed by atoms with van der Waals surface area (Å²) in [6.07, 6.45) is 6.61. The second-order valence-corrected chi connectivity index (χ2v) is 10.4. The van der Waals surface area contributed by atoms with Crippen LogP contribution in [0.4, 0.5) is 11.8 Å². The molecular weight excluding hydrogens is 442 g/mol. The van der Waals surface area contributed by atoms with Gasteiger partial charge in [0.15, 0.2) is 5.75 Å². The van der Waals surface area contributed by atoms with Crippen molar-refractivity contribution in [3.8, 4) is 22.2 Å². The number of rotatable bonds is 8. The van der Waals surface area contributed by atoms with Gasteiger partial charge in [-0.05, 0) is 76.2 Å². The molecule has 2 aliphatic rings. The Morgan fingerprint density at radius 3 is 2.81 bits per heavy atom. The minimum Gasteiger partial charge on any atom is -0.436 e. The third kappa shape index (κ3) is 5.31. The van der Waals surface area contributed by atoms with Crippen LogP contribution in [0.15, 0.2) is 24.4 Å². The summed E-state index contributed by atoms with van der Waals surface area (Å²) < 4.78 is 9.54. The number of nitrogens with one attached hydrogen (secondary N) is 3. The van der Waals surface area contributed by atoms with Crippen LogP contribution in [-0.2, 0) is 0 Å². The van der Waals surface area contributed by atoms with Crippen molar-refractivity contribution < 1.29 is 4.74 Å². The molecule has 3 aromatic rings. The molecule has 0 spiro atoms. The molecule has 8 nitrogen and oxygen atoms in total. The Hall–Kier alpha value is -2.43. The van der Waals surface area contributed by atoms with E-state index in [9.17, 15) is 0 Å². The van der Waals surface area contributed by atoms with Gasteiger partial charge in [0, 0.05) is 24.0 Å². The minimum absolute atomic E-state index is 0.344. The number of pyridine rings is 1. The molecule has 0 radical (unpaired) electrons. The van der Waals surface area contributed by atoms with Crippen molar-refractivity contribution in [2.75, 3.05) is 23.1 Å². The zero-order valence-corrected chi connectivity index (χ0v) is 19.9.